The normalized spacial score (nSPS) is 11.1. The second kappa shape index (κ2) is 15.6. The largest absolute Gasteiger partial charge is 0.310 e. The van der Waals surface area contributed by atoms with Crippen molar-refractivity contribution in [1.82, 2.24) is 0 Å². The van der Waals surface area contributed by atoms with Crippen LogP contribution < -0.4 is 14.7 Å². The Bertz CT molecular complexity index is 2870. The third-order valence-corrected chi connectivity index (χ3v) is 11.8. The van der Waals surface area contributed by atoms with Crippen LogP contribution in [0.5, 0.6) is 0 Å². The van der Waals surface area contributed by atoms with E-state index in [9.17, 15) is 0 Å². The van der Waals surface area contributed by atoms with E-state index in [0.29, 0.717) is 0 Å². The van der Waals surface area contributed by atoms with Gasteiger partial charge in [-0.1, -0.05) is 127 Å². The molecule has 0 amide bonds. The predicted octanol–water partition coefficient (Wildman–Crippen LogP) is 16.1. The van der Waals surface area contributed by atoms with Gasteiger partial charge in [-0.15, -0.1) is 11.3 Å². The molecular formula is C54H39N3S. The van der Waals surface area contributed by atoms with E-state index in [1.165, 1.54) is 20.2 Å². The summed E-state index contributed by atoms with van der Waals surface area (Å²) in [5, 5.41) is 2.49. The first kappa shape index (κ1) is 35.0. The van der Waals surface area contributed by atoms with Crippen LogP contribution in [0.4, 0.5) is 51.2 Å². The van der Waals surface area contributed by atoms with Gasteiger partial charge in [-0.05, 0) is 120 Å². The molecule has 0 aliphatic carbocycles. The van der Waals surface area contributed by atoms with Gasteiger partial charge < -0.3 is 14.7 Å². The molecule has 0 radical (unpaired) electrons. The Kier molecular flexibility index (Phi) is 9.44. The van der Waals surface area contributed by atoms with E-state index in [0.717, 1.165) is 62.3 Å². The molecule has 0 saturated heterocycles. The highest BCUT2D eigenvalue weighted by Crippen LogP contribution is 2.47. The summed E-state index contributed by atoms with van der Waals surface area (Å²) in [6.07, 6.45) is 0. The quantitative estimate of drug-likeness (QED) is 0.137. The molecule has 0 fully saturated rings. The van der Waals surface area contributed by atoms with Crippen molar-refractivity contribution in [3.05, 3.63) is 237 Å². The summed E-state index contributed by atoms with van der Waals surface area (Å²) < 4.78 is 2.51. The lowest BCUT2D eigenvalue weighted by atomic mass is 10.0. The van der Waals surface area contributed by atoms with E-state index in [1.807, 2.05) is 11.3 Å². The van der Waals surface area contributed by atoms with Crippen LogP contribution in [0.3, 0.4) is 0 Å². The fourth-order valence-corrected chi connectivity index (χ4v) is 9.13. The second-order valence-electron chi connectivity index (χ2n) is 14.2. The lowest BCUT2D eigenvalue weighted by Crippen LogP contribution is -2.10. The summed E-state index contributed by atoms with van der Waals surface area (Å²) in [5.74, 6) is 0. The minimum atomic E-state index is 1.10. The van der Waals surface area contributed by atoms with Crippen LogP contribution in [0.15, 0.2) is 237 Å². The van der Waals surface area contributed by atoms with Crippen LogP contribution in [0, 0.1) is 0 Å². The Hall–Kier alpha value is -7.40. The maximum absolute atomic E-state index is 2.41. The first-order chi connectivity index (χ1) is 28.8. The molecule has 3 nitrogen and oxygen atoms in total. The summed E-state index contributed by atoms with van der Waals surface area (Å²) in [4.78, 5) is 7.06. The monoisotopic (exact) mass is 761 g/mol. The van der Waals surface area contributed by atoms with E-state index in [1.54, 1.807) is 0 Å². The molecule has 276 valence electrons. The van der Waals surface area contributed by atoms with Crippen molar-refractivity contribution in [1.29, 1.82) is 0 Å². The fourth-order valence-electron chi connectivity index (χ4n) is 7.94. The van der Waals surface area contributed by atoms with Gasteiger partial charge in [-0.3, -0.25) is 0 Å². The van der Waals surface area contributed by atoms with Crippen LogP contribution in [0.25, 0.3) is 31.3 Å². The minimum absolute atomic E-state index is 1.10. The number of thiophene rings is 1. The molecule has 0 bridgehead atoms. The van der Waals surface area contributed by atoms with Gasteiger partial charge in [0.05, 0.1) is 10.4 Å². The molecular weight excluding hydrogens is 723 g/mol. The van der Waals surface area contributed by atoms with Gasteiger partial charge in [0.2, 0.25) is 0 Å². The topological polar surface area (TPSA) is 9.72 Å². The van der Waals surface area contributed by atoms with Crippen LogP contribution in [-0.2, 0) is 0 Å². The van der Waals surface area contributed by atoms with Crippen molar-refractivity contribution in [2.24, 2.45) is 0 Å². The standard InChI is InChI=1S/C54H39N3S/c1-6-21-42(22-7-1)55(43-23-8-2-9-24-43)47-31-16-19-40(37-47)41-20-17-32-48(38-41)57(46-29-14-5-15-30-46)52-34-18-33-50-51-39-49(35-36-53(51)58-54(50)52)56(44-25-10-3-11-26-44)45-27-12-4-13-28-45/h1-39H. The zero-order valence-electron chi connectivity index (χ0n) is 31.8. The third kappa shape index (κ3) is 6.76. The minimum Gasteiger partial charge on any atom is -0.310 e. The van der Waals surface area contributed by atoms with Gasteiger partial charge in [-0.2, -0.15) is 0 Å². The molecule has 10 aromatic rings. The van der Waals surface area contributed by atoms with E-state index < -0.39 is 0 Å². The van der Waals surface area contributed by atoms with E-state index in [4.69, 9.17) is 0 Å². The second-order valence-corrected chi connectivity index (χ2v) is 15.3. The van der Waals surface area contributed by atoms with Crippen molar-refractivity contribution in [3.63, 3.8) is 0 Å². The molecule has 1 heterocycles. The molecule has 0 spiro atoms. The number of hydrogen-bond acceptors (Lipinski definition) is 4. The number of hydrogen-bond donors (Lipinski definition) is 0. The molecule has 0 saturated carbocycles. The van der Waals surface area contributed by atoms with Crippen molar-refractivity contribution >= 4 is 82.7 Å². The lowest BCUT2D eigenvalue weighted by Gasteiger charge is -2.27. The van der Waals surface area contributed by atoms with Crippen molar-refractivity contribution in [3.8, 4) is 11.1 Å². The number of rotatable bonds is 10. The van der Waals surface area contributed by atoms with Gasteiger partial charge in [-0.25, -0.2) is 0 Å². The fraction of sp³-hybridized carbons (Fsp3) is 0. The zero-order chi connectivity index (χ0) is 38.7. The summed E-state index contributed by atoms with van der Waals surface area (Å²) in [5.41, 5.74) is 12.4. The highest BCUT2D eigenvalue weighted by Gasteiger charge is 2.20. The molecule has 10 rings (SSSR count). The van der Waals surface area contributed by atoms with Gasteiger partial charge >= 0.3 is 0 Å². The SMILES string of the molecule is c1ccc(N(c2ccccc2)c2cccc(-c3cccc(N(c4ccccc4)c4cccc5c4sc4ccc(N(c6ccccc6)c6ccccc6)cc45)c3)c2)cc1. The van der Waals surface area contributed by atoms with E-state index >= 15 is 0 Å². The Labute approximate surface area is 343 Å². The molecule has 0 atom stereocenters. The highest BCUT2D eigenvalue weighted by atomic mass is 32.1. The van der Waals surface area contributed by atoms with Crippen molar-refractivity contribution in [2.75, 3.05) is 14.7 Å². The Morgan fingerprint density at radius 3 is 1.10 bits per heavy atom. The average molecular weight is 762 g/mol. The molecule has 4 heteroatoms. The third-order valence-electron chi connectivity index (χ3n) is 10.6. The maximum atomic E-state index is 2.41. The van der Waals surface area contributed by atoms with Gasteiger partial charge in [0, 0.05) is 61.0 Å². The summed E-state index contributed by atoms with van der Waals surface area (Å²) in [7, 11) is 0. The smallest absolute Gasteiger partial charge is 0.0640 e. The molecule has 58 heavy (non-hydrogen) atoms. The van der Waals surface area contributed by atoms with Crippen molar-refractivity contribution in [2.45, 2.75) is 0 Å². The molecule has 0 aliphatic rings. The number of fused-ring (bicyclic) bond motifs is 3. The highest BCUT2D eigenvalue weighted by molar-refractivity contribution is 7.26. The van der Waals surface area contributed by atoms with Crippen LogP contribution >= 0.6 is 11.3 Å². The summed E-state index contributed by atoms with van der Waals surface area (Å²) in [6, 6.07) is 84.5. The Morgan fingerprint density at radius 2 is 0.638 bits per heavy atom. The predicted molar refractivity (Wildman–Crippen MR) is 249 cm³/mol. The van der Waals surface area contributed by atoms with E-state index in [-0.39, 0.29) is 0 Å². The summed E-state index contributed by atoms with van der Waals surface area (Å²) >= 11 is 1.85. The first-order valence-electron chi connectivity index (χ1n) is 19.6. The average Bonchev–Trinajstić information content (AvgIpc) is 3.68. The first-order valence-corrected chi connectivity index (χ1v) is 20.4. The van der Waals surface area contributed by atoms with Crippen LogP contribution in [0.2, 0.25) is 0 Å². The number of para-hydroxylation sites is 5. The number of benzene rings is 9. The maximum Gasteiger partial charge on any atom is 0.0640 e. The van der Waals surface area contributed by atoms with Gasteiger partial charge in [0.25, 0.3) is 0 Å². The van der Waals surface area contributed by atoms with Gasteiger partial charge in [0.15, 0.2) is 0 Å². The van der Waals surface area contributed by atoms with Gasteiger partial charge in [0.1, 0.15) is 0 Å². The van der Waals surface area contributed by atoms with Crippen LogP contribution in [-0.4, -0.2) is 0 Å². The molecule has 0 aliphatic heterocycles. The number of nitrogens with zero attached hydrogens (tertiary/aromatic N) is 3. The van der Waals surface area contributed by atoms with Crippen molar-refractivity contribution < 1.29 is 0 Å². The molecule has 0 unspecified atom stereocenters. The lowest BCUT2D eigenvalue weighted by molar-refractivity contribution is 1.28. The Morgan fingerprint density at radius 1 is 0.259 bits per heavy atom. The Balaban J connectivity index is 1.08. The number of anilines is 9. The van der Waals surface area contributed by atoms with E-state index in [2.05, 4.69) is 251 Å². The summed E-state index contributed by atoms with van der Waals surface area (Å²) in [6.45, 7) is 0. The molecule has 0 N–H and O–H groups in total. The van der Waals surface area contributed by atoms with Crippen LogP contribution in [0.1, 0.15) is 0 Å². The zero-order valence-corrected chi connectivity index (χ0v) is 32.6. The molecule has 9 aromatic carbocycles. The molecule has 1 aromatic heterocycles.